The lowest BCUT2D eigenvalue weighted by molar-refractivity contribution is -0.197. The number of esters is 1. The molecule has 21 heteroatoms. The monoisotopic (exact) mass is 994 g/mol. The van der Waals surface area contributed by atoms with E-state index < -0.39 is 83.5 Å². The van der Waals surface area contributed by atoms with Crippen LogP contribution in [0.1, 0.15) is 98.5 Å². The third-order valence-electron chi connectivity index (χ3n) is 12.6. The molecule has 8 atom stereocenters. The van der Waals surface area contributed by atoms with Crippen LogP contribution in [0.3, 0.4) is 0 Å². The second-order valence-corrected chi connectivity index (χ2v) is 21.7. The van der Waals surface area contributed by atoms with Crippen LogP contribution in [-0.4, -0.2) is 137 Å². The number of rotatable bonds is 15. The van der Waals surface area contributed by atoms with Gasteiger partial charge < -0.3 is 43.4 Å². The van der Waals surface area contributed by atoms with Crippen LogP contribution in [-0.2, 0) is 59.0 Å². The molecule has 67 heavy (non-hydrogen) atoms. The Hall–Kier alpha value is -4.34. The number of benzene rings is 1. The fourth-order valence-electron chi connectivity index (χ4n) is 8.13. The third kappa shape index (κ3) is 13.3. The first kappa shape index (κ1) is 53.6. The van der Waals surface area contributed by atoms with E-state index in [0.29, 0.717) is 41.5 Å². The van der Waals surface area contributed by atoms with E-state index in [1.807, 2.05) is 26.8 Å². The molecule has 0 spiro atoms. The number of likely N-dealkylation sites (N-methyl/N-ethyl adjacent to an activating group) is 1. The van der Waals surface area contributed by atoms with Crippen molar-refractivity contribution < 1.29 is 67.2 Å². The van der Waals surface area contributed by atoms with Crippen molar-refractivity contribution in [1.29, 1.82) is 0 Å². The number of hydrogen-bond acceptors (Lipinski definition) is 16. The third-order valence-corrected chi connectivity index (χ3v) is 16.4. The fraction of sp³-hybridized carbons (Fsp3) is 0.630. The predicted molar refractivity (Wildman–Crippen MR) is 251 cm³/mol. The van der Waals surface area contributed by atoms with Gasteiger partial charge in [-0.25, -0.2) is 14.4 Å². The van der Waals surface area contributed by atoms with Crippen LogP contribution >= 0.6 is 33.2 Å². The van der Waals surface area contributed by atoms with Gasteiger partial charge in [-0.15, -0.1) is 5.06 Å². The van der Waals surface area contributed by atoms with Gasteiger partial charge in [-0.2, -0.15) is 0 Å². The summed E-state index contributed by atoms with van der Waals surface area (Å²) in [6.45, 7) is 10.9. The van der Waals surface area contributed by atoms with E-state index >= 15 is 0 Å². The number of nitrogens with one attached hydrogen (secondary N) is 1. The first-order chi connectivity index (χ1) is 31.4. The lowest BCUT2D eigenvalue weighted by atomic mass is 9.83. The van der Waals surface area contributed by atoms with Crippen LogP contribution in [0.25, 0.3) is 0 Å². The van der Waals surface area contributed by atoms with Crippen molar-refractivity contribution in [2.45, 2.75) is 146 Å². The lowest BCUT2D eigenvalue weighted by Gasteiger charge is -2.42. The van der Waals surface area contributed by atoms with Gasteiger partial charge in [-0.3, -0.25) is 24.5 Å². The molecular formula is C46H63ClN4O14S2. The number of aliphatic hydroxyl groups is 1. The van der Waals surface area contributed by atoms with Crippen molar-refractivity contribution in [3.63, 3.8) is 0 Å². The number of allylic oxidation sites excluding steroid dienone is 3. The molecule has 4 aliphatic heterocycles. The smallest absolute Gasteiger partial charge is 0.409 e. The number of fused-ring (bicyclic) bond motifs is 5. The summed E-state index contributed by atoms with van der Waals surface area (Å²) in [6, 6.07) is 2.48. The largest absolute Gasteiger partial charge is 0.495 e. The minimum atomic E-state index is -1.86. The summed E-state index contributed by atoms with van der Waals surface area (Å²) in [5.41, 5.74) is -1.09. The Morgan fingerprint density at radius 1 is 1.10 bits per heavy atom. The van der Waals surface area contributed by atoms with Gasteiger partial charge >= 0.3 is 18.0 Å². The highest BCUT2D eigenvalue weighted by molar-refractivity contribution is 8.77. The summed E-state index contributed by atoms with van der Waals surface area (Å²) >= 11 is 6.81. The van der Waals surface area contributed by atoms with Crippen molar-refractivity contribution >= 4 is 80.5 Å². The molecule has 5 amide bonds. The van der Waals surface area contributed by atoms with Crippen LogP contribution in [0.4, 0.5) is 10.5 Å². The number of halogens is 1. The number of hydrogen-bond donors (Lipinski definition) is 2. The van der Waals surface area contributed by atoms with Crippen LogP contribution in [0.2, 0.25) is 5.02 Å². The number of anilines is 1. The predicted octanol–water partition coefficient (Wildman–Crippen LogP) is 5.84. The summed E-state index contributed by atoms with van der Waals surface area (Å²) < 4.78 is 29.1. The van der Waals surface area contributed by atoms with Gasteiger partial charge in [0.1, 0.15) is 40.7 Å². The molecule has 2 N–H and O–H groups in total. The van der Waals surface area contributed by atoms with E-state index in [2.05, 4.69) is 5.32 Å². The Bertz CT molecular complexity index is 2120. The number of methoxy groups -OCH3 is 2. The Kier molecular flexibility index (Phi) is 17.9. The van der Waals surface area contributed by atoms with Gasteiger partial charge in [0.15, 0.2) is 5.72 Å². The molecule has 0 unspecified atom stereocenters. The number of alkyl carbamates (subject to hydrolysis) is 1. The molecule has 18 nitrogen and oxygen atoms in total. The maximum absolute atomic E-state index is 14.3. The Morgan fingerprint density at radius 2 is 1.79 bits per heavy atom. The Morgan fingerprint density at radius 3 is 2.45 bits per heavy atom. The molecule has 370 valence electrons. The number of carbonyl (C=O) groups excluding carboxylic acids is 7. The van der Waals surface area contributed by atoms with Gasteiger partial charge in [0.05, 0.1) is 25.3 Å². The average Bonchev–Trinajstić information content (AvgIpc) is 3.88. The number of carbonyl (C=O) groups is 7. The second-order valence-electron chi connectivity index (χ2n) is 18.2. The Labute approximate surface area is 404 Å². The molecule has 4 heterocycles. The SMILES string of the molecule is COc1cc2cc(c1Cl)N(C)C(=O)C[C@H](OC(=O)[C@H](C)N(C)C(=O)CCC(C)(C)SSCCCC(=O)ON1C(=O)CCC1=O)[C@]1(C)O[C@H]1[C@H](C)[C@@H]1C[C@@](O)(NC(=O)O1)[C@H](OC)C=CC=C(C)C2. The average molecular weight is 996 g/mol. The van der Waals surface area contributed by atoms with Crippen LogP contribution in [0, 0.1) is 5.92 Å². The van der Waals surface area contributed by atoms with Gasteiger partial charge in [-0.05, 0) is 71.6 Å². The maximum atomic E-state index is 14.3. The van der Waals surface area contributed by atoms with Crippen molar-refractivity contribution in [3.05, 3.63) is 46.5 Å². The summed E-state index contributed by atoms with van der Waals surface area (Å²) in [6.07, 6.45) is 1.65. The van der Waals surface area contributed by atoms with E-state index in [0.717, 1.165) is 11.1 Å². The van der Waals surface area contributed by atoms with E-state index in [4.69, 9.17) is 40.1 Å². The highest BCUT2D eigenvalue weighted by Crippen LogP contribution is 2.49. The number of epoxide rings is 1. The molecule has 0 aliphatic carbocycles. The van der Waals surface area contributed by atoms with E-state index in [9.17, 15) is 38.7 Å². The summed E-state index contributed by atoms with van der Waals surface area (Å²) in [5, 5.41) is 15.1. The maximum Gasteiger partial charge on any atom is 0.409 e. The van der Waals surface area contributed by atoms with Crippen LogP contribution < -0.4 is 15.0 Å². The fourth-order valence-corrected chi connectivity index (χ4v) is 11.1. The number of ether oxygens (including phenoxy) is 5. The topological polar surface area (TPSA) is 220 Å². The van der Waals surface area contributed by atoms with Gasteiger partial charge in [-0.1, -0.05) is 63.9 Å². The zero-order valence-corrected chi connectivity index (χ0v) is 42.1. The molecule has 0 aromatic heterocycles. The molecule has 0 radical (unpaired) electrons. The Balaban J connectivity index is 1.28. The number of nitrogens with zero attached hydrogens (tertiary/aromatic N) is 3. The molecule has 3 fully saturated rings. The summed E-state index contributed by atoms with van der Waals surface area (Å²) in [7, 11) is 9.02. The van der Waals surface area contributed by atoms with Crippen molar-refractivity contribution in [2.75, 3.05) is 39.0 Å². The van der Waals surface area contributed by atoms with Crippen molar-refractivity contribution in [3.8, 4) is 5.75 Å². The standard InChI is InChI=1S/C46H63ClN4O14S2/c1-26-13-11-14-33(61-10)46(59)25-32(62-43(58)48-46)27(2)41-45(6,64-41)34(24-38(55)50(8)30-22-29(21-26)23-31(60-9)40(30)47)63-42(57)28(3)49(7)35(52)18-19-44(4,5)67-66-20-12-15-39(56)65-51-36(53)16-17-37(51)54/h11,13-14,22-23,27-28,32-34,41,59H,12,15-21,24-25H2,1-10H3,(H,48,58)/t27-,28+,32+,33-,34+,41+,45+,46+/m1/s1. The lowest BCUT2D eigenvalue weighted by Crippen LogP contribution is -2.63. The molecule has 1 aromatic rings. The molecular weight excluding hydrogens is 932 g/mol. The quantitative estimate of drug-likeness (QED) is 0.0693. The first-order valence-electron chi connectivity index (χ1n) is 22.2. The molecule has 4 aliphatic rings. The van der Waals surface area contributed by atoms with Crippen LogP contribution in [0.5, 0.6) is 5.75 Å². The zero-order valence-electron chi connectivity index (χ0n) is 39.7. The summed E-state index contributed by atoms with van der Waals surface area (Å²) in [4.78, 5) is 98.1. The summed E-state index contributed by atoms with van der Waals surface area (Å²) in [5.74, 6) is -2.94. The second kappa shape index (κ2) is 22.4. The van der Waals surface area contributed by atoms with Gasteiger partial charge in [0, 0.05) is 69.7 Å². The van der Waals surface area contributed by atoms with Gasteiger partial charge in [0.25, 0.3) is 11.8 Å². The van der Waals surface area contributed by atoms with Crippen molar-refractivity contribution in [2.24, 2.45) is 5.92 Å². The minimum absolute atomic E-state index is 0.0240. The number of amides is 5. The normalized spacial score (nSPS) is 27.3. The van der Waals surface area contributed by atoms with E-state index in [1.165, 1.54) is 48.8 Å². The van der Waals surface area contributed by atoms with E-state index in [-0.39, 0.29) is 54.2 Å². The first-order valence-corrected chi connectivity index (χ1v) is 24.8. The minimum Gasteiger partial charge on any atom is -0.495 e. The molecule has 5 rings (SSSR count). The van der Waals surface area contributed by atoms with Gasteiger partial charge in [0.2, 0.25) is 11.8 Å². The zero-order chi connectivity index (χ0) is 49.6. The van der Waals surface area contributed by atoms with Crippen LogP contribution in [0.15, 0.2) is 35.9 Å². The molecule has 4 bridgehead atoms. The molecule has 0 saturated carbocycles. The number of hydroxylamine groups is 2. The highest BCUT2D eigenvalue weighted by atomic mass is 35.5. The van der Waals surface area contributed by atoms with Crippen molar-refractivity contribution in [1.82, 2.24) is 15.3 Å². The van der Waals surface area contributed by atoms with E-state index in [1.54, 1.807) is 56.0 Å². The molecule has 1 aromatic carbocycles. The number of imide groups is 1. The highest BCUT2D eigenvalue weighted by Gasteiger charge is 2.64. The molecule has 3 saturated heterocycles.